The van der Waals surface area contributed by atoms with Gasteiger partial charge in [-0.1, -0.05) is 12.1 Å². The number of anilines is 1. The van der Waals surface area contributed by atoms with E-state index in [1.165, 1.54) is 24.3 Å². The third-order valence-corrected chi connectivity index (χ3v) is 4.43. The maximum atomic E-state index is 11.2. The van der Waals surface area contributed by atoms with Crippen molar-refractivity contribution < 1.29 is 129 Å². The summed E-state index contributed by atoms with van der Waals surface area (Å²) < 4.78 is 66.7. The van der Waals surface area contributed by atoms with Crippen LogP contribution in [0, 0.1) is 0 Å². The molecule has 2 rings (SSSR count). The van der Waals surface area contributed by atoms with Crippen molar-refractivity contribution in [2.24, 2.45) is 0 Å². The molecule has 2 aromatic carbocycles. The number of nitrogen functional groups attached to an aromatic ring is 1. The third kappa shape index (κ3) is 5.29. The molecule has 0 saturated heterocycles. The van der Waals surface area contributed by atoms with Gasteiger partial charge in [-0.2, -0.15) is 0 Å². The van der Waals surface area contributed by atoms with Crippen LogP contribution in [0.4, 0.5) is 5.69 Å². The van der Waals surface area contributed by atoms with E-state index in [1.807, 2.05) is 0 Å². The van der Waals surface area contributed by atoms with Crippen LogP contribution in [0.3, 0.4) is 0 Å². The smallest absolute Gasteiger partial charge is 0.744 e. The topological polar surface area (TPSA) is 140 Å². The van der Waals surface area contributed by atoms with Crippen molar-refractivity contribution in [2.45, 2.75) is 9.79 Å². The average Bonchev–Trinajstić information content (AvgIpc) is 2.24. The van der Waals surface area contributed by atoms with Crippen LogP contribution < -0.4 is 109 Å². The maximum Gasteiger partial charge on any atom is 1.00 e. The molecule has 0 atom stereocenters. The van der Waals surface area contributed by atoms with Crippen LogP contribution in [0.5, 0.6) is 0 Å². The first-order chi connectivity index (χ1) is 8.60. The first-order valence-corrected chi connectivity index (χ1v) is 7.66. The van der Waals surface area contributed by atoms with E-state index in [0.717, 1.165) is 6.07 Å². The third-order valence-electron chi connectivity index (χ3n) is 2.48. The van der Waals surface area contributed by atoms with Gasteiger partial charge in [0.2, 0.25) is 0 Å². The molecule has 102 valence electrons. The van der Waals surface area contributed by atoms with Crippen molar-refractivity contribution in [1.82, 2.24) is 0 Å². The molecule has 0 fully saturated rings. The number of hydrogen-bond acceptors (Lipinski definition) is 7. The van der Waals surface area contributed by atoms with Crippen molar-refractivity contribution >= 4 is 36.7 Å². The minimum Gasteiger partial charge on any atom is -0.744 e. The van der Waals surface area contributed by atoms with Gasteiger partial charge in [0.1, 0.15) is 20.2 Å². The summed E-state index contributed by atoms with van der Waals surface area (Å²) in [7, 11) is -10.2. The molecule has 0 aliphatic rings. The van der Waals surface area contributed by atoms with E-state index in [0.29, 0.717) is 5.69 Å². The molecule has 7 nitrogen and oxygen atoms in total. The molecule has 0 radical (unpaired) electrons. The molecule has 2 aromatic rings. The van der Waals surface area contributed by atoms with Gasteiger partial charge >= 0.3 is 103 Å². The van der Waals surface area contributed by atoms with Crippen molar-refractivity contribution in [3.05, 3.63) is 30.3 Å². The molecular weight excluding hydrogens is 372 g/mol. The second-order valence-electron chi connectivity index (χ2n) is 3.78. The number of fused-ring (bicyclic) bond motifs is 1. The normalized spacial score (nSPS) is 11.5. The molecule has 0 aliphatic carbocycles. The molecule has 0 unspecified atom stereocenters. The SMILES string of the molecule is Nc1ccc2c(S(=O)(=O)[O-])c(S(=O)(=O)[O-])ccc2c1.[K+].[K+]. The largest absolute Gasteiger partial charge is 1.00 e. The molecule has 11 heteroatoms. The standard InChI is InChI=1S/C10H9NO6S2.2K/c11-7-2-3-8-6(5-7)1-4-9(18(12,13)14)10(8)19(15,16)17;;/h1-5H,11H2,(H,12,13,14)(H,15,16,17);;/q;2*+1/p-2. The zero-order valence-electron chi connectivity index (χ0n) is 11.2. The van der Waals surface area contributed by atoms with E-state index in [9.17, 15) is 25.9 Å². The Morgan fingerprint density at radius 3 is 1.90 bits per heavy atom. The second-order valence-corrected chi connectivity index (χ2v) is 6.45. The maximum absolute atomic E-state index is 11.2. The second kappa shape index (κ2) is 8.11. The molecule has 0 bridgehead atoms. The summed E-state index contributed by atoms with van der Waals surface area (Å²) >= 11 is 0. The van der Waals surface area contributed by atoms with Crippen molar-refractivity contribution in [1.29, 1.82) is 0 Å². The molecule has 0 saturated carbocycles. The van der Waals surface area contributed by atoms with E-state index < -0.39 is 30.0 Å². The van der Waals surface area contributed by atoms with Gasteiger partial charge in [-0.25, -0.2) is 16.8 Å². The Kier molecular flexibility index (Phi) is 8.73. The Labute approximate surface area is 207 Å². The van der Waals surface area contributed by atoms with Gasteiger partial charge in [0, 0.05) is 11.1 Å². The summed E-state index contributed by atoms with van der Waals surface area (Å²) in [6, 6.07) is 5.85. The number of benzene rings is 2. The van der Waals surface area contributed by atoms with Gasteiger partial charge in [0.15, 0.2) is 0 Å². The summed E-state index contributed by atoms with van der Waals surface area (Å²) in [5, 5.41) is 0.1000. The molecule has 21 heavy (non-hydrogen) atoms. The fourth-order valence-electron chi connectivity index (χ4n) is 1.75. The number of nitrogens with two attached hydrogens (primary N) is 1. The molecule has 0 heterocycles. The van der Waals surface area contributed by atoms with Crippen LogP contribution >= 0.6 is 0 Å². The zero-order chi connectivity index (χ0) is 14.4. The van der Waals surface area contributed by atoms with Crippen LogP contribution in [0.25, 0.3) is 10.8 Å². The molecule has 2 N–H and O–H groups in total. The molecule has 0 aromatic heterocycles. The molecule has 0 amide bonds. The predicted octanol–water partition coefficient (Wildman–Crippen LogP) is -5.76. The first-order valence-electron chi connectivity index (χ1n) is 4.85. The molecular formula is C10H7K2NO6S2. The number of hydrogen-bond donors (Lipinski definition) is 1. The minimum absolute atomic E-state index is 0. The van der Waals surface area contributed by atoms with Crippen molar-refractivity contribution in [2.75, 3.05) is 5.73 Å². The van der Waals surface area contributed by atoms with Crippen LogP contribution in [-0.2, 0) is 20.2 Å². The van der Waals surface area contributed by atoms with Crippen LogP contribution in [0.2, 0.25) is 0 Å². The Morgan fingerprint density at radius 1 is 0.857 bits per heavy atom. The van der Waals surface area contributed by atoms with E-state index in [4.69, 9.17) is 5.73 Å². The van der Waals surface area contributed by atoms with Crippen LogP contribution in [0.1, 0.15) is 0 Å². The monoisotopic (exact) mass is 379 g/mol. The van der Waals surface area contributed by atoms with Gasteiger partial charge in [-0.05, 0) is 23.6 Å². The molecule has 0 spiro atoms. The van der Waals surface area contributed by atoms with Gasteiger partial charge in [0.05, 0.1) is 9.79 Å². The summed E-state index contributed by atoms with van der Waals surface area (Å²) in [5.41, 5.74) is 5.80. The van der Waals surface area contributed by atoms with Gasteiger partial charge in [-0.15, -0.1) is 0 Å². The van der Waals surface area contributed by atoms with Gasteiger partial charge in [0.25, 0.3) is 0 Å². The van der Waals surface area contributed by atoms with Crippen molar-refractivity contribution in [3.8, 4) is 0 Å². The number of rotatable bonds is 2. The Bertz CT molecular complexity index is 880. The van der Waals surface area contributed by atoms with Gasteiger partial charge < -0.3 is 14.8 Å². The summed E-state index contributed by atoms with van der Waals surface area (Å²) in [5.74, 6) is 0. The van der Waals surface area contributed by atoms with E-state index in [2.05, 4.69) is 0 Å². The van der Waals surface area contributed by atoms with E-state index in [1.54, 1.807) is 0 Å². The summed E-state index contributed by atoms with van der Waals surface area (Å²) in [6.07, 6.45) is 0. The van der Waals surface area contributed by atoms with E-state index >= 15 is 0 Å². The minimum atomic E-state index is -5.13. The van der Waals surface area contributed by atoms with Gasteiger partial charge in [-0.3, -0.25) is 0 Å². The molecule has 0 aliphatic heterocycles. The predicted molar refractivity (Wildman–Crippen MR) is 64.3 cm³/mol. The van der Waals surface area contributed by atoms with Crippen molar-refractivity contribution in [3.63, 3.8) is 0 Å². The van der Waals surface area contributed by atoms with E-state index in [-0.39, 0.29) is 114 Å². The Hall–Kier alpha value is 1.59. The average molecular weight is 379 g/mol. The Balaban J connectivity index is 0.00000200. The first kappa shape index (κ1) is 22.6. The quantitative estimate of drug-likeness (QED) is 0.311. The fourth-order valence-corrected chi connectivity index (χ4v) is 3.71. The summed E-state index contributed by atoms with van der Waals surface area (Å²) in [4.78, 5) is -2.10. The van der Waals surface area contributed by atoms with Crippen LogP contribution in [-0.4, -0.2) is 25.9 Å². The Morgan fingerprint density at radius 2 is 1.43 bits per heavy atom. The fraction of sp³-hybridized carbons (Fsp3) is 0. The van der Waals surface area contributed by atoms with Crippen LogP contribution in [0.15, 0.2) is 40.1 Å². The summed E-state index contributed by atoms with van der Waals surface area (Å²) in [6.45, 7) is 0. The zero-order valence-corrected chi connectivity index (χ0v) is 19.1.